The van der Waals surface area contributed by atoms with E-state index in [1.165, 1.54) is 17.5 Å². The summed E-state index contributed by atoms with van der Waals surface area (Å²) >= 11 is 6.19. The van der Waals surface area contributed by atoms with Crippen molar-refractivity contribution in [2.45, 2.75) is 49.9 Å². The summed E-state index contributed by atoms with van der Waals surface area (Å²) in [6, 6.07) is 6.24. The number of amides is 1. The first-order valence-electron chi connectivity index (χ1n) is 6.81. The average Bonchev–Trinajstić information content (AvgIpc) is 2.98. The van der Waals surface area contributed by atoms with Gasteiger partial charge in [0.25, 0.3) is 5.91 Å². The van der Waals surface area contributed by atoms with Crippen LogP contribution in [0.25, 0.3) is 0 Å². The minimum Gasteiger partial charge on any atom is -0.348 e. The van der Waals surface area contributed by atoms with Gasteiger partial charge in [-0.1, -0.05) is 6.07 Å². The summed E-state index contributed by atoms with van der Waals surface area (Å²) in [7, 11) is 0. The minimum atomic E-state index is 0.0299. The van der Waals surface area contributed by atoms with Crippen molar-refractivity contribution in [3.63, 3.8) is 0 Å². The average molecular weight is 264 g/mol. The van der Waals surface area contributed by atoms with Crippen LogP contribution in [0.2, 0.25) is 0 Å². The molecule has 0 radical (unpaired) electrons. The van der Waals surface area contributed by atoms with Crippen LogP contribution in [0.5, 0.6) is 0 Å². The number of alkyl halides is 1. The van der Waals surface area contributed by atoms with Crippen molar-refractivity contribution in [3.05, 3.63) is 34.9 Å². The van der Waals surface area contributed by atoms with Crippen molar-refractivity contribution in [1.82, 2.24) is 5.32 Å². The molecular weight excluding hydrogens is 246 g/mol. The van der Waals surface area contributed by atoms with E-state index in [2.05, 4.69) is 17.4 Å². The van der Waals surface area contributed by atoms with Crippen LogP contribution in [0, 0.1) is 0 Å². The van der Waals surface area contributed by atoms with Gasteiger partial charge in [0, 0.05) is 11.6 Å². The lowest BCUT2D eigenvalue weighted by atomic mass is 10.1. The molecule has 3 heteroatoms. The fraction of sp³-hybridized carbons (Fsp3) is 0.533. The third-order valence-electron chi connectivity index (χ3n) is 4.11. The van der Waals surface area contributed by atoms with E-state index in [0.717, 1.165) is 37.7 Å². The Labute approximate surface area is 113 Å². The van der Waals surface area contributed by atoms with Crippen molar-refractivity contribution >= 4 is 17.5 Å². The van der Waals surface area contributed by atoms with Gasteiger partial charge in [-0.05, 0) is 61.8 Å². The fourth-order valence-electron chi connectivity index (χ4n) is 3.04. The third kappa shape index (κ3) is 2.26. The number of aryl methyl sites for hydroxylation is 2. The Bertz CT molecular complexity index is 472. The highest BCUT2D eigenvalue weighted by Gasteiger charge is 2.27. The molecule has 1 saturated carbocycles. The zero-order chi connectivity index (χ0) is 12.5. The second-order valence-electron chi connectivity index (χ2n) is 5.36. The lowest BCUT2D eigenvalue weighted by Crippen LogP contribution is -2.37. The number of benzene rings is 1. The number of hydrogen-bond acceptors (Lipinski definition) is 1. The van der Waals surface area contributed by atoms with E-state index in [0.29, 0.717) is 0 Å². The number of carbonyl (C=O) groups is 1. The van der Waals surface area contributed by atoms with E-state index < -0.39 is 0 Å². The van der Waals surface area contributed by atoms with Crippen LogP contribution in [-0.2, 0) is 12.8 Å². The molecule has 0 bridgehead atoms. The lowest BCUT2D eigenvalue weighted by Gasteiger charge is -2.16. The van der Waals surface area contributed by atoms with Crippen molar-refractivity contribution < 1.29 is 4.79 Å². The molecule has 2 aliphatic carbocycles. The molecule has 2 unspecified atom stereocenters. The highest BCUT2D eigenvalue weighted by atomic mass is 35.5. The summed E-state index contributed by atoms with van der Waals surface area (Å²) in [5.41, 5.74) is 3.53. The lowest BCUT2D eigenvalue weighted by molar-refractivity contribution is 0.0938. The van der Waals surface area contributed by atoms with Crippen molar-refractivity contribution in [2.24, 2.45) is 0 Å². The monoisotopic (exact) mass is 263 g/mol. The molecular formula is C15H18ClNO. The molecule has 2 aliphatic rings. The molecule has 1 aromatic rings. The Morgan fingerprint density at radius 3 is 2.78 bits per heavy atom. The predicted octanol–water partition coefficient (Wildman–Crippen LogP) is 3.07. The Hall–Kier alpha value is -1.02. The predicted molar refractivity (Wildman–Crippen MR) is 73.2 cm³/mol. The summed E-state index contributed by atoms with van der Waals surface area (Å²) in [6.07, 6.45) is 6.61. The van der Waals surface area contributed by atoms with E-state index in [1.54, 1.807) is 0 Å². The summed E-state index contributed by atoms with van der Waals surface area (Å²) in [5, 5.41) is 3.17. The topological polar surface area (TPSA) is 29.1 Å². The number of carbonyl (C=O) groups excluding carboxylic acids is 1. The van der Waals surface area contributed by atoms with E-state index in [-0.39, 0.29) is 17.3 Å². The SMILES string of the molecule is O=C(NC1CCCC1Cl)c1ccc2c(c1)CCC2. The second-order valence-corrected chi connectivity index (χ2v) is 5.92. The Morgan fingerprint density at radius 1 is 1.17 bits per heavy atom. The zero-order valence-electron chi connectivity index (χ0n) is 10.4. The van der Waals surface area contributed by atoms with Gasteiger partial charge in [0.15, 0.2) is 0 Å². The number of nitrogens with one attached hydrogen (secondary N) is 1. The van der Waals surface area contributed by atoms with Crippen LogP contribution in [0.4, 0.5) is 0 Å². The van der Waals surface area contributed by atoms with Crippen molar-refractivity contribution in [1.29, 1.82) is 0 Å². The normalized spacial score (nSPS) is 26.1. The smallest absolute Gasteiger partial charge is 0.251 e. The van der Waals surface area contributed by atoms with Crippen LogP contribution < -0.4 is 5.32 Å². The van der Waals surface area contributed by atoms with Crippen molar-refractivity contribution in [3.8, 4) is 0 Å². The molecule has 1 aromatic carbocycles. The third-order valence-corrected chi connectivity index (χ3v) is 4.63. The van der Waals surface area contributed by atoms with Gasteiger partial charge >= 0.3 is 0 Å². The number of fused-ring (bicyclic) bond motifs is 1. The first-order chi connectivity index (χ1) is 8.74. The molecule has 1 amide bonds. The summed E-state index contributed by atoms with van der Waals surface area (Å²) in [6.45, 7) is 0. The Kier molecular flexibility index (Phi) is 3.29. The van der Waals surface area contributed by atoms with Gasteiger partial charge in [-0.3, -0.25) is 4.79 Å². The number of halogens is 1. The Balaban J connectivity index is 1.72. The maximum absolute atomic E-state index is 12.2. The van der Waals surface area contributed by atoms with Crippen LogP contribution in [0.1, 0.15) is 47.2 Å². The molecule has 0 saturated heterocycles. The molecule has 96 valence electrons. The van der Waals surface area contributed by atoms with Crippen LogP contribution in [-0.4, -0.2) is 17.3 Å². The molecule has 3 rings (SSSR count). The molecule has 0 heterocycles. The molecule has 2 nitrogen and oxygen atoms in total. The molecule has 0 aromatic heterocycles. The minimum absolute atomic E-state index is 0.0299. The Morgan fingerprint density at radius 2 is 2.00 bits per heavy atom. The van der Waals surface area contributed by atoms with Crippen LogP contribution in [0.15, 0.2) is 18.2 Å². The van der Waals surface area contributed by atoms with Crippen LogP contribution >= 0.6 is 11.6 Å². The first kappa shape index (κ1) is 12.0. The number of hydrogen-bond donors (Lipinski definition) is 1. The highest BCUT2D eigenvalue weighted by Crippen LogP contribution is 2.25. The van der Waals surface area contributed by atoms with Gasteiger partial charge < -0.3 is 5.32 Å². The molecule has 1 N–H and O–H groups in total. The molecule has 2 atom stereocenters. The van der Waals surface area contributed by atoms with Gasteiger partial charge in [0.2, 0.25) is 0 Å². The summed E-state index contributed by atoms with van der Waals surface area (Å²) < 4.78 is 0. The molecule has 0 aliphatic heterocycles. The van der Waals surface area contributed by atoms with Gasteiger partial charge in [0.05, 0.1) is 5.38 Å². The van der Waals surface area contributed by atoms with E-state index >= 15 is 0 Å². The fourth-order valence-corrected chi connectivity index (χ4v) is 3.39. The highest BCUT2D eigenvalue weighted by molar-refractivity contribution is 6.21. The second kappa shape index (κ2) is 4.93. The zero-order valence-corrected chi connectivity index (χ0v) is 11.2. The maximum atomic E-state index is 12.2. The maximum Gasteiger partial charge on any atom is 0.251 e. The largest absolute Gasteiger partial charge is 0.348 e. The van der Waals surface area contributed by atoms with Gasteiger partial charge in [-0.25, -0.2) is 0 Å². The van der Waals surface area contributed by atoms with Gasteiger partial charge in [-0.2, -0.15) is 0 Å². The van der Waals surface area contributed by atoms with Crippen LogP contribution in [0.3, 0.4) is 0 Å². The van der Waals surface area contributed by atoms with Crippen molar-refractivity contribution in [2.75, 3.05) is 0 Å². The van der Waals surface area contributed by atoms with E-state index in [9.17, 15) is 4.79 Å². The molecule has 0 spiro atoms. The summed E-state index contributed by atoms with van der Waals surface area (Å²) in [5.74, 6) is 0.0299. The standard InChI is InChI=1S/C15H18ClNO/c16-13-5-2-6-14(13)17-15(18)12-8-7-10-3-1-4-11(10)9-12/h7-9,13-14H,1-6H2,(H,17,18). The van der Waals surface area contributed by atoms with E-state index in [1.807, 2.05) is 6.07 Å². The van der Waals surface area contributed by atoms with Gasteiger partial charge in [0.1, 0.15) is 0 Å². The number of rotatable bonds is 2. The summed E-state index contributed by atoms with van der Waals surface area (Å²) in [4.78, 5) is 12.2. The quantitative estimate of drug-likeness (QED) is 0.817. The van der Waals surface area contributed by atoms with E-state index in [4.69, 9.17) is 11.6 Å². The molecule has 18 heavy (non-hydrogen) atoms. The van der Waals surface area contributed by atoms with Gasteiger partial charge in [-0.15, -0.1) is 11.6 Å². The first-order valence-corrected chi connectivity index (χ1v) is 7.24. The molecule has 1 fully saturated rings.